The van der Waals surface area contributed by atoms with Crippen LogP contribution in [-0.2, 0) is 0 Å². The Hall–Kier alpha value is -5.06. The molecule has 0 N–H and O–H groups in total. The second kappa shape index (κ2) is 10.3. The number of fused-ring (bicyclic) bond motifs is 6. The van der Waals surface area contributed by atoms with Crippen molar-refractivity contribution in [3.05, 3.63) is 145 Å². The number of hydrogen-bond donors (Lipinski definition) is 0. The monoisotopic (exact) mass is 583 g/mol. The van der Waals surface area contributed by atoms with Crippen molar-refractivity contribution in [3.63, 3.8) is 0 Å². The molecule has 44 heavy (non-hydrogen) atoms. The molecule has 2 aliphatic rings. The molecule has 9 rings (SSSR count). The molecular weight excluding hydrogens is 555 g/mol. The first kappa shape index (κ1) is 25.4. The van der Waals surface area contributed by atoms with Crippen LogP contribution in [-0.4, -0.2) is 14.5 Å². The Labute approximate surface area is 259 Å². The van der Waals surface area contributed by atoms with E-state index in [1.54, 1.807) is 0 Å². The maximum atomic E-state index is 5.11. The van der Waals surface area contributed by atoms with Gasteiger partial charge in [-0.2, -0.15) is 0 Å². The highest BCUT2D eigenvalue weighted by Crippen LogP contribution is 2.42. The maximum Gasteiger partial charge on any atom is 0.156 e. The zero-order chi connectivity index (χ0) is 29.0. The van der Waals surface area contributed by atoms with E-state index in [1.165, 1.54) is 47.6 Å². The fraction of sp³-hybridized carbons (Fsp3) is 0.100. The Morgan fingerprint density at radius 1 is 0.705 bits per heavy atom. The number of benzene rings is 4. The van der Waals surface area contributed by atoms with Crippen molar-refractivity contribution in [2.45, 2.75) is 25.3 Å². The van der Waals surface area contributed by atoms with Crippen LogP contribution >= 0.6 is 11.3 Å². The van der Waals surface area contributed by atoms with Gasteiger partial charge in [0, 0.05) is 42.0 Å². The van der Waals surface area contributed by atoms with Crippen LogP contribution in [0.4, 0.5) is 0 Å². The summed E-state index contributed by atoms with van der Waals surface area (Å²) >= 11 is 1.89. The van der Waals surface area contributed by atoms with E-state index < -0.39 is 0 Å². The summed E-state index contributed by atoms with van der Waals surface area (Å²) < 4.78 is 5.23. The molecule has 0 saturated carbocycles. The normalized spacial score (nSPS) is 16.7. The zero-order valence-corrected chi connectivity index (χ0v) is 25.0. The molecule has 0 fully saturated rings. The minimum Gasteiger partial charge on any atom is -0.333 e. The number of aromatic nitrogens is 3. The van der Waals surface area contributed by atoms with Gasteiger partial charge in [-0.15, -0.1) is 11.3 Å². The molecule has 0 bridgehead atoms. The highest BCUT2D eigenvalue weighted by atomic mass is 32.1. The molecule has 1 unspecified atom stereocenters. The molecule has 0 saturated heterocycles. The molecule has 7 aromatic rings. The molecule has 3 heterocycles. The summed E-state index contributed by atoms with van der Waals surface area (Å²) in [5, 5.41) is 5.32. The van der Waals surface area contributed by atoms with Crippen LogP contribution in [0.15, 0.2) is 134 Å². The highest BCUT2D eigenvalue weighted by Gasteiger charge is 2.21. The first-order valence-corrected chi connectivity index (χ1v) is 16.1. The molecular formula is C40H29N3S. The van der Waals surface area contributed by atoms with Crippen molar-refractivity contribution >= 4 is 64.5 Å². The Balaban J connectivity index is 1.15. The van der Waals surface area contributed by atoms with E-state index in [9.17, 15) is 0 Å². The third-order valence-corrected chi connectivity index (χ3v) is 10.1. The zero-order valence-electron chi connectivity index (χ0n) is 24.2. The van der Waals surface area contributed by atoms with Gasteiger partial charge in [0.2, 0.25) is 0 Å². The molecule has 3 aromatic heterocycles. The largest absolute Gasteiger partial charge is 0.333 e. The van der Waals surface area contributed by atoms with Crippen LogP contribution in [0.2, 0.25) is 0 Å². The van der Waals surface area contributed by atoms with Crippen LogP contribution in [0.1, 0.15) is 36.8 Å². The molecule has 0 amide bonds. The Kier molecular flexibility index (Phi) is 5.95. The molecule has 0 radical (unpaired) electrons. The lowest BCUT2D eigenvalue weighted by Crippen LogP contribution is -2.09. The topological polar surface area (TPSA) is 30.7 Å². The average Bonchev–Trinajstić information content (AvgIpc) is 3.63. The predicted octanol–water partition coefficient (Wildman–Crippen LogP) is 10.9. The van der Waals surface area contributed by atoms with Crippen LogP contribution in [0.3, 0.4) is 0 Å². The fourth-order valence-electron chi connectivity index (χ4n) is 6.85. The number of allylic oxidation sites excluding steroid dienone is 8. The van der Waals surface area contributed by atoms with Gasteiger partial charge in [0.05, 0.1) is 22.9 Å². The van der Waals surface area contributed by atoms with Crippen LogP contribution in [0.25, 0.3) is 64.4 Å². The first-order valence-electron chi connectivity index (χ1n) is 15.3. The lowest BCUT2D eigenvalue weighted by atomic mass is 9.98. The Morgan fingerprint density at radius 3 is 2.36 bits per heavy atom. The Bertz CT molecular complexity index is 2360. The van der Waals surface area contributed by atoms with Crippen molar-refractivity contribution < 1.29 is 0 Å². The number of rotatable bonds is 4. The third kappa shape index (κ3) is 4.17. The lowest BCUT2D eigenvalue weighted by molar-refractivity contribution is 0.649. The van der Waals surface area contributed by atoms with Crippen molar-refractivity contribution in [1.82, 2.24) is 14.5 Å². The van der Waals surface area contributed by atoms with E-state index in [1.807, 2.05) is 17.4 Å². The molecule has 210 valence electrons. The molecule has 1 atom stereocenters. The molecule has 2 aliphatic carbocycles. The molecule has 3 nitrogen and oxygen atoms in total. The third-order valence-electron chi connectivity index (χ3n) is 9.01. The minimum atomic E-state index is 0.213. The smallest absolute Gasteiger partial charge is 0.156 e. The first-order chi connectivity index (χ1) is 21.8. The van der Waals surface area contributed by atoms with Gasteiger partial charge < -0.3 is 4.57 Å². The molecule has 4 aromatic carbocycles. The summed E-state index contributed by atoms with van der Waals surface area (Å²) in [7, 11) is 0. The lowest BCUT2D eigenvalue weighted by Gasteiger charge is -2.21. The fourth-order valence-corrected chi connectivity index (χ4v) is 7.98. The number of thiophene rings is 1. The number of hydrogen-bond acceptors (Lipinski definition) is 3. The van der Waals surface area contributed by atoms with E-state index in [0.29, 0.717) is 0 Å². The van der Waals surface area contributed by atoms with E-state index >= 15 is 0 Å². The SMILES string of the molecule is C1=CCCC(c2nc(C3=CCC(n4c5ccccc5c5cc6sc7ccccc7c6cc54)C=C3)cc(-c3ccccc3)n2)=C1. The number of para-hydroxylation sites is 1. The van der Waals surface area contributed by atoms with E-state index in [-0.39, 0.29) is 6.04 Å². The van der Waals surface area contributed by atoms with Gasteiger partial charge >= 0.3 is 0 Å². The van der Waals surface area contributed by atoms with Crippen molar-refractivity contribution in [2.75, 3.05) is 0 Å². The van der Waals surface area contributed by atoms with Gasteiger partial charge in [0.25, 0.3) is 0 Å². The molecule has 0 aliphatic heterocycles. The quantitative estimate of drug-likeness (QED) is 0.206. The standard InChI is InChI=1S/C40H29N3S/c1-3-11-26(12-4-1)34-25-35(42-40(41-34)28-13-5-2-6-14-28)27-19-21-29(22-20-27)43-36-17-9-7-15-30(36)32-24-39-33(23-37(32)43)31-16-8-10-18-38(31)44-39/h1-5,7-13,15-21,23-25,29H,6,14,22H2. The van der Waals surface area contributed by atoms with Crippen LogP contribution in [0.5, 0.6) is 0 Å². The van der Waals surface area contributed by atoms with Gasteiger partial charge in [-0.1, -0.05) is 103 Å². The second-order valence-corrected chi connectivity index (χ2v) is 12.7. The van der Waals surface area contributed by atoms with Crippen LogP contribution in [0, 0.1) is 0 Å². The van der Waals surface area contributed by atoms with E-state index in [2.05, 4.69) is 132 Å². The average molecular weight is 584 g/mol. The van der Waals surface area contributed by atoms with E-state index in [4.69, 9.17) is 9.97 Å². The Morgan fingerprint density at radius 2 is 1.52 bits per heavy atom. The van der Waals surface area contributed by atoms with Gasteiger partial charge in [-0.05, 0) is 60.7 Å². The van der Waals surface area contributed by atoms with Gasteiger partial charge in [0.1, 0.15) is 0 Å². The summed E-state index contributed by atoms with van der Waals surface area (Å²) in [6.07, 6.45) is 16.4. The summed E-state index contributed by atoms with van der Waals surface area (Å²) in [4.78, 5) is 10.1. The second-order valence-electron chi connectivity index (χ2n) is 11.7. The van der Waals surface area contributed by atoms with Crippen molar-refractivity contribution in [1.29, 1.82) is 0 Å². The summed E-state index contributed by atoms with van der Waals surface area (Å²) in [5.74, 6) is 0.830. The molecule has 0 spiro atoms. The van der Waals surface area contributed by atoms with Crippen molar-refractivity contribution in [2.24, 2.45) is 0 Å². The van der Waals surface area contributed by atoms with Gasteiger partial charge in [0.15, 0.2) is 5.82 Å². The van der Waals surface area contributed by atoms with Gasteiger partial charge in [-0.25, -0.2) is 9.97 Å². The number of nitrogens with zero attached hydrogens (tertiary/aromatic N) is 3. The summed E-state index contributed by atoms with van der Waals surface area (Å²) in [6, 6.07) is 35.3. The van der Waals surface area contributed by atoms with Crippen molar-refractivity contribution in [3.8, 4) is 11.3 Å². The van der Waals surface area contributed by atoms with Crippen LogP contribution < -0.4 is 0 Å². The summed E-state index contributed by atoms with van der Waals surface area (Å²) in [6.45, 7) is 0. The maximum absolute atomic E-state index is 5.11. The molecule has 4 heteroatoms. The highest BCUT2D eigenvalue weighted by molar-refractivity contribution is 7.25. The minimum absolute atomic E-state index is 0.213. The van der Waals surface area contributed by atoms with E-state index in [0.717, 1.165) is 47.6 Å². The summed E-state index contributed by atoms with van der Waals surface area (Å²) in [5.41, 5.74) is 7.98. The van der Waals surface area contributed by atoms with Gasteiger partial charge in [-0.3, -0.25) is 0 Å². The predicted molar refractivity (Wildman–Crippen MR) is 187 cm³/mol.